The molecule has 0 radical (unpaired) electrons. The van der Waals surface area contributed by atoms with Crippen molar-refractivity contribution in [2.45, 2.75) is 56.1 Å². The Labute approximate surface area is 139 Å². The molecule has 0 bridgehead atoms. The van der Waals surface area contributed by atoms with E-state index in [1.54, 1.807) is 29.2 Å². The van der Waals surface area contributed by atoms with Gasteiger partial charge in [-0.2, -0.15) is 0 Å². The van der Waals surface area contributed by atoms with Gasteiger partial charge in [0.25, 0.3) is 0 Å². The standard InChI is InChI=1S/C18H27NO3S/c1-3-5-9-15(4-2)18(20)19-13-12-17(14-19)23(21,22)16-10-7-6-8-11-16/h6-8,10-11,15,17H,3-5,9,12-14H2,1-2H3. The predicted molar refractivity (Wildman–Crippen MR) is 91.9 cm³/mol. The lowest BCUT2D eigenvalue weighted by atomic mass is 9.98. The van der Waals surface area contributed by atoms with E-state index in [0.29, 0.717) is 24.4 Å². The van der Waals surface area contributed by atoms with Crippen LogP contribution >= 0.6 is 0 Å². The first kappa shape index (κ1) is 18.0. The zero-order chi connectivity index (χ0) is 16.9. The Morgan fingerprint density at radius 3 is 2.57 bits per heavy atom. The Balaban J connectivity index is 2.04. The lowest BCUT2D eigenvalue weighted by Gasteiger charge is -2.22. The van der Waals surface area contributed by atoms with E-state index >= 15 is 0 Å². The van der Waals surface area contributed by atoms with Crippen LogP contribution in [0.25, 0.3) is 0 Å². The molecule has 0 N–H and O–H groups in total. The van der Waals surface area contributed by atoms with Gasteiger partial charge >= 0.3 is 0 Å². The number of nitrogens with zero attached hydrogens (tertiary/aromatic N) is 1. The van der Waals surface area contributed by atoms with Gasteiger partial charge in [-0.15, -0.1) is 0 Å². The van der Waals surface area contributed by atoms with Gasteiger partial charge in [0, 0.05) is 19.0 Å². The molecule has 4 nitrogen and oxygen atoms in total. The Morgan fingerprint density at radius 1 is 1.26 bits per heavy atom. The van der Waals surface area contributed by atoms with Crippen LogP contribution in [0.3, 0.4) is 0 Å². The summed E-state index contributed by atoms with van der Waals surface area (Å²) in [6, 6.07) is 8.56. The summed E-state index contributed by atoms with van der Waals surface area (Å²) in [5, 5.41) is -0.475. The maximum Gasteiger partial charge on any atom is 0.225 e. The van der Waals surface area contributed by atoms with Crippen molar-refractivity contribution in [2.24, 2.45) is 5.92 Å². The van der Waals surface area contributed by atoms with Crippen LogP contribution in [0.4, 0.5) is 0 Å². The maximum atomic E-state index is 12.7. The quantitative estimate of drug-likeness (QED) is 0.767. The number of likely N-dealkylation sites (tertiary alicyclic amines) is 1. The molecule has 1 aliphatic heterocycles. The van der Waals surface area contributed by atoms with Crippen LogP contribution in [-0.4, -0.2) is 37.6 Å². The summed E-state index contributed by atoms with van der Waals surface area (Å²) in [4.78, 5) is 14.7. The first-order chi connectivity index (χ1) is 11.0. The van der Waals surface area contributed by atoms with Crippen molar-refractivity contribution in [1.82, 2.24) is 4.90 Å². The summed E-state index contributed by atoms with van der Waals surface area (Å²) in [6.45, 7) is 5.04. The SMILES string of the molecule is CCCCC(CC)C(=O)N1CCC(S(=O)(=O)c2ccccc2)C1. The zero-order valence-electron chi connectivity index (χ0n) is 14.1. The number of amides is 1. The Morgan fingerprint density at radius 2 is 1.96 bits per heavy atom. The van der Waals surface area contributed by atoms with Gasteiger partial charge in [0.1, 0.15) is 0 Å². The normalized spacial score (nSPS) is 19.7. The topological polar surface area (TPSA) is 54.5 Å². The number of rotatable bonds is 7. The van der Waals surface area contributed by atoms with Gasteiger partial charge in [-0.25, -0.2) is 8.42 Å². The fraction of sp³-hybridized carbons (Fsp3) is 0.611. The van der Waals surface area contributed by atoms with E-state index in [-0.39, 0.29) is 11.8 Å². The molecular weight excluding hydrogens is 310 g/mol. The van der Waals surface area contributed by atoms with Crippen LogP contribution in [0.15, 0.2) is 35.2 Å². The number of carbonyl (C=O) groups is 1. The monoisotopic (exact) mass is 337 g/mol. The molecule has 5 heteroatoms. The summed E-state index contributed by atoms with van der Waals surface area (Å²) in [5.41, 5.74) is 0. The largest absolute Gasteiger partial charge is 0.341 e. The van der Waals surface area contributed by atoms with E-state index in [4.69, 9.17) is 0 Å². The number of sulfone groups is 1. The summed E-state index contributed by atoms with van der Waals surface area (Å²) in [5.74, 6) is 0.167. The third kappa shape index (κ3) is 4.14. The molecule has 1 amide bonds. The van der Waals surface area contributed by atoms with Crippen molar-refractivity contribution < 1.29 is 13.2 Å². The summed E-state index contributed by atoms with van der Waals surface area (Å²) in [7, 11) is -3.35. The molecule has 0 spiro atoms. The minimum atomic E-state index is -3.35. The summed E-state index contributed by atoms with van der Waals surface area (Å²) >= 11 is 0. The van der Waals surface area contributed by atoms with E-state index in [2.05, 4.69) is 6.92 Å². The molecule has 2 rings (SSSR count). The van der Waals surface area contributed by atoms with E-state index in [0.717, 1.165) is 25.7 Å². The van der Waals surface area contributed by atoms with E-state index in [1.807, 2.05) is 13.0 Å². The van der Waals surface area contributed by atoms with Gasteiger partial charge in [0.05, 0.1) is 10.1 Å². The fourth-order valence-electron chi connectivity index (χ4n) is 3.20. The fourth-order valence-corrected chi connectivity index (χ4v) is 4.91. The third-order valence-corrected chi connectivity index (χ3v) is 6.91. The first-order valence-corrected chi connectivity index (χ1v) is 10.1. The molecule has 128 valence electrons. The molecule has 1 heterocycles. The van der Waals surface area contributed by atoms with Crippen molar-refractivity contribution in [3.63, 3.8) is 0 Å². The summed E-state index contributed by atoms with van der Waals surface area (Å²) in [6.07, 6.45) is 4.38. The van der Waals surface area contributed by atoms with Crippen LogP contribution in [0.1, 0.15) is 46.0 Å². The minimum Gasteiger partial charge on any atom is -0.341 e. The minimum absolute atomic E-state index is 0.0353. The lowest BCUT2D eigenvalue weighted by Crippen LogP contribution is -2.36. The maximum absolute atomic E-state index is 12.7. The molecule has 0 aromatic heterocycles. The molecule has 0 saturated carbocycles. The van der Waals surface area contributed by atoms with Gasteiger partial charge in [-0.1, -0.05) is 44.9 Å². The molecule has 23 heavy (non-hydrogen) atoms. The highest BCUT2D eigenvalue weighted by atomic mass is 32.2. The van der Waals surface area contributed by atoms with E-state index in [9.17, 15) is 13.2 Å². The molecule has 2 unspecified atom stereocenters. The van der Waals surface area contributed by atoms with Gasteiger partial charge in [0.15, 0.2) is 9.84 Å². The highest BCUT2D eigenvalue weighted by Crippen LogP contribution is 2.26. The second kappa shape index (κ2) is 7.95. The van der Waals surface area contributed by atoms with Crippen molar-refractivity contribution in [3.8, 4) is 0 Å². The Bertz CT molecular complexity index is 612. The Kier molecular flexibility index (Phi) is 6.22. The van der Waals surface area contributed by atoms with Crippen molar-refractivity contribution in [3.05, 3.63) is 30.3 Å². The van der Waals surface area contributed by atoms with Crippen molar-refractivity contribution in [1.29, 1.82) is 0 Å². The van der Waals surface area contributed by atoms with Crippen LogP contribution in [0.2, 0.25) is 0 Å². The van der Waals surface area contributed by atoms with Gasteiger partial charge in [-0.3, -0.25) is 4.79 Å². The molecule has 1 aromatic rings. The number of hydrogen-bond donors (Lipinski definition) is 0. The number of carbonyl (C=O) groups excluding carboxylic acids is 1. The molecule has 2 atom stereocenters. The van der Waals surface area contributed by atoms with Crippen molar-refractivity contribution in [2.75, 3.05) is 13.1 Å². The van der Waals surface area contributed by atoms with Crippen LogP contribution in [0.5, 0.6) is 0 Å². The molecular formula is C18H27NO3S. The highest BCUT2D eigenvalue weighted by Gasteiger charge is 2.37. The second-order valence-corrected chi connectivity index (χ2v) is 8.53. The van der Waals surface area contributed by atoms with Gasteiger partial charge < -0.3 is 4.90 Å². The molecule has 1 fully saturated rings. The smallest absolute Gasteiger partial charge is 0.225 e. The first-order valence-electron chi connectivity index (χ1n) is 8.58. The average molecular weight is 337 g/mol. The van der Waals surface area contributed by atoms with Crippen LogP contribution in [-0.2, 0) is 14.6 Å². The van der Waals surface area contributed by atoms with Crippen LogP contribution < -0.4 is 0 Å². The Hall–Kier alpha value is -1.36. The predicted octanol–water partition coefficient (Wildman–Crippen LogP) is 3.28. The van der Waals surface area contributed by atoms with Crippen molar-refractivity contribution >= 4 is 15.7 Å². The molecule has 0 aliphatic carbocycles. The number of benzene rings is 1. The molecule has 1 aromatic carbocycles. The second-order valence-electron chi connectivity index (χ2n) is 6.30. The molecule has 1 aliphatic rings. The summed E-state index contributed by atoms with van der Waals surface area (Å²) < 4.78 is 25.4. The van der Waals surface area contributed by atoms with Crippen LogP contribution in [0, 0.1) is 5.92 Å². The zero-order valence-corrected chi connectivity index (χ0v) is 14.9. The third-order valence-electron chi connectivity index (χ3n) is 4.72. The van der Waals surface area contributed by atoms with E-state index in [1.165, 1.54) is 0 Å². The van der Waals surface area contributed by atoms with Gasteiger partial charge in [-0.05, 0) is 31.4 Å². The number of unbranched alkanes of at least 4 members (excludes halogenated alkanes) is 1. The molecule has 1 saturated heterocycles. The lowest BCUT2D eigenvalue weighted by molar-refractivity contribution is -0.134. The van der Waals surface area contributed by atoms with Gasteiger partial charge in [0.2, 0.25) is 5.91 Å². The average Bonchev–Trinajstić information content (AvgIpc) is 3.07. The van der Waals surface area contributed by atoms with E-state index < -0.39 is 15.1 Å². The highest BCUT2D eigenvalue weighted by molar-refractivity contribution is 7.92. The number of hydrogen-bond acceptors (Lipinski definition) is 3.